The molecule has 0 radical (unpaired) electrons. The van der Waals surface area contributed by atoms with Crippen molar-refractivity contribution >= 4 is 46.6 Å². The molecule has 0 aliphatic rings. The van der Waals surface area contributed by atoms with E-state index in [0.29, 0.717) is 32.5 Å². The number of hydrogen-bond acceptors (Lipinski definition) is 5. The first-order valence-corrected chi connectivity index (χ1v) is 9.99. The van der Waals surface area contributed by atoms with Gasteiger partial charge >= 0.3 is 0 Å². The molecule has 0 aliphatic heterocycles. The number of amides is 1. The van der Waals surface area contributed by atoms with Crippen LogP contribution < -0.4 is 10.1 Å². The summed E-state index contributed by atoms with van der Waals surface area (Å²) in [6.45, 7) is 1.80. The van der Waals surface area contributed by atoms with Gasteiger partial charge in [-0.1, -0.05) is 47.1 Å². The zero-order chi connectivity index (χ0) is 20.3. The van der Waals surface area contributed by atoms with E-state index in [9.17, 15) is 4.79 Å². The van der Waals surface area contributed by atoms with Crippen molar-refractivity contribution in [3.8, 4) is 17.1 Å². The van der Waals surface area contributed by atoms with Crippen LogP contribution in [0.3, 0.4) is 0 Å². The fourth-order valence-corrected chi connectivity index (χ4v) is 3.79. The number of anilines is 1. The van der Waals surface area contributed by atoms with E-state index in [0.717, 1.165) is 5.56 Å². The minimum atomic E-state index is -0.400. The quantitative estimate of drug-likeness (QED) is 0.555. The normalized spacial score (nSPS) is 11.9. The first-order chi connectivity index (χ1) is 13.4. The Kier molecular flexibility index (Phi) is 6.49. The minimum absolute atomic E-state index is 0.173. The van der Waals surface area contributed by atoms with E-state index in [1.807, 2.05) is 29.8 Å². The van der Waals surface area contributed by atoms with E-state index in [2.05, 4.69) is 15.5 Å². The van der Waals surface area contributed by atoms with Gasteiger partial charge < -0.3 is 14.6 Å². The van der Waals surface area contributed by atoms with Gasteiger partial charge in [0, 0.05) is 18.3 Å². The topological polar surface area (TPSA) is 69.0 Å². The number of carbonyl (C=O) groups excluding carboxylic acids is 1. The van der Waals surface area contributed by atoms with Crippen LogP contribution in [0, 0.1) is 0 Å². The first kappa shape index (κ1) is 20.5. The van der Waals surface area contributed by atoms with Gasteiger partial charge in [0.15, 0.2) is 11.0 Å². The maximum absolute atomic E-state index is 12.5. The third-order valence-corrected chi connectivity index (χ3v) is 5.78. The van der Waals surface area contributed by atoms with Crippen molar-refractivity contribution in [2.75, 3.05) is 12.4 Å². The van der Waals surface area contributed by atoms with Crippen LogP contribution in [0.5, 0.6) is 5.75 Å². The molecule has 0 saturated heterocycles. The Morgan fingerprint density at radius 1 is 1.18 bits per heavy atom. The van der Waals surface area contributed by atoms with Gasteiger partial charge in [-0.3, -0.25) is 4.79 Å². The number of rotatable bonds is 6. The molecule has 0 saturated carbocycles. The molecule has 0 aliphatic carbocycles. The molecule has 2 aromatic carbocycles. The van der Waals surface area contributed by atoms with Crippen LogP contribution in [0.15, 0.2) is 47.6 Å². The summed E-state index contributed by atoms with van der Waals surface area (Å²) in [5.41, 5.74) is 1.38. The molecule has 1 amide bonds. The predicted octanol–water partition coefficient (Wildman–Crippen LogP) is 4.92. The Labute approximate surface area is 177 Å². The Morgan fingerprint density at radius 3 is 2.61 bits per heavy atom. The largest absolute Gasteiger partial charge is 0.495 e. The summed E-state index contributed by atoms with van der Waals surface area (Å²) >= 11 is 13.7. The molecule has 1 N–H and O–H groups in total. The van der Waals surface area contributed by atoms with Crippen molar-refractivity contribution in [3.63, 3.8) is 0 Å². The summed E-state index contributed by atoms with van der Waals surface area (Å²) in [5, 5.41) is 12.5. The summed E-state index contributed by atoms with van der Waals surface area (Å²) in [6.07, 6.45) is 0. The Balaban J connectivity index is 1.71. The summed E-state index contributed by atoms with van der Waals surface area (Å²) in [7, 11) is 3.38. The smallest absolute Gasteiger partial charge is 0.237 e. The van der Waals surface area contributed by atoms with Gasteiger partial charge in [-0.2, -0.15) is 0 Å². The third kappa shape index (κ3) is 4.43. The van der Waals surface area contributed by atoms with E-state index in [-0.39, 0.29) is 5.91 Å². The maximum Gasteiger partial charge on any atom is 0.237 e. The van der Waals surface area contributed by atoms with Gasteiger partial charge in [0.05, 0.1) is 22.4 Å². The summed E-state index contributed by atoms with van der Waals surface area (Å²) < 4.78 is 6.93. The second-order valence-electron chi connectivity index (χ2n) is 5.94. The third-order valence-electron chi connectivity index (χ3n) is 4.02. The zero-order valence-corrected chi connectivity index (χ0v) is 17.8. The zero-order valence-electron chi connectivity index (χ0n) is 15.4. The average Bonchev–Trinajstić information content (AvgIpc) is 3.02. The molecule has 9 heteroatoms. The highest BCUT2D eigenvalue weighted by Crippen LogP contribution is 2.31. The standard InChI is InChI=1S/C19H18Cl2N4O2S/c1-11(18(26)22-12-8-9-16(27-3)15(21)10-12)28-19-24-23-17(25(19)2)13-6-4-5-7-14(13)20/h4-11H,1-3H3,(H,22,26). The van der Waals surface area contributed by atoms with Crippen molar-refractivity contribution in [1.29, 1.82) is 0 Å². The molecule has 1 heterocycles. The van der Waals surface area contributed by atoms with Crippen LogP contribution in [0.25, 0.3) is 11.4 Å². The maximum atomic E-state index is 12.5. The molecular formula is C19H18Cl2N4O2S. The van der Waals surface area contributed by atoms with E-state index in [1.54, 1.807) is 31.2 Å². The van der Waals surface area contributed by atoms with Crippen molar-refractivity contribution in [3.05, 3.63) is 52.5 Å². The van der Waals surface area contributed by atoms with E-state index >= 15 is 0 Å². The highest BCUT2D eigenvalue weighted by atomic mass is 35.5. The number of methoxy groups -OCH3 is 1. The molecule has 0 spiro atoms. The number of nitrogens with one attached hydrogen (secondary N) is 1. The first-order valence-electron chi connectivity index (χ1n) is 8.36. The summed E-state index contributed by atoms with van der Waals surface area (Å²) in [5.74, 6) is 1.02. The van der Waals surface area contributed by atoms with Gasteiger partial charge in [0.2, 0.25) is 5.91 Å². The van der Waals surface area contributed by atoms with Gasteiger partial charge in [-0.25, -0.2) is 0 Å². The Bertz CT molecular complexity index is 1010. The fraction of sp³-hybridized carbons (Fsp3) is 0.211. The van der Waals surface area contributed by atoms with Crippen LogP contribution in [-0.4, -0.2) is 33.0 Å². The lowest BCUT2D eigenvalue weighted by atomic mass is 10.2. The SMILES string of the molecule is COc1ccc(NC(=O)C(C)Sc2nnc(-c3ccccc3Cl)n2C)cc1Cl. The molecule has 6 nitrogen and oxygen atoms in total. The Hall–Kier alpha value is -2.22. The highest BCUT2D eigenvalue weighted by Gasteiger charge is 2.20. The fourth-order valence-electron chi connectivity index (χ4n) is 2.49. The molecule has 1 aromatic heterocycles. The van der Waals surface area contributed by atoms with Crippen LogP contribution >= 0.6 is 35.0 Å². The van der Waals surface area contributed by atoms with Crippen molar-refractivity contribution in [2.24, 2.45) is 7.05 Å². The van der Waals surface area contributed by atoms with Gasteiger partial charge in [0.1, 0.15) is 5.75 Å². The highest BCUT2D eigenvalue weighted by molar-refractivity contribution is 8.00. The molecule has 3 rings (SSSR count). The minimum Gasteiger partial charge on any atom is -0.495 e. The van der Waals surface area contributed by atoms with Gasteiger partial charge in [-0.15, -0.1) is 10.2 Å². The monoisotopic (exact) mass is 436 g/mol. The van der Waals surface area contributed by atoms with E-state index in [4.69, 9.17) is 27.9 Å². The second kappa shape index (κ2) is 8.86. The number of hydrogen-bond donors (Lipinski definition) is 1. The molecule has 146 valence electrons. The molecule has 1 atom stereocenters. The lowest BCUT2D eigenvalue weighted by Gasteiger charge is -2.13. The van der Waals surface area contributed by atoms with Crippen LogP contribution in [0.1, 0.15) is 6.92 Å². The lowest BCUT2D eigenvalue weighted by Crippen LogP contribution is -2.22. The molecule has 0 bridgehead atoms. The van der Waals surface area contributed by atoms with Crippen LogP contribution in [0.2, 0.25) is 10.0 Å². The number of nitrogens with zero attached hydrogens (tertiary/aromatic N) is 3. The van der Waals surface area contributed by atoms with E-state index in [1.165, 1.54) is 18.9 Å². The molecule has 1 unspecified atom stereocenters. The number of ether oxygens (including phenoxy) is 1. The van der Waals surface area contributed by atoms with Gasteiger partial charge in [0.25, 0.3) is 0 Å². The molecule has 0 fully saturated rings. The Morgan fingerprint density at radius 2 is 1.93 bits per heavy atom. The van der Waals surface area contributed by atoms with Crippen molar-refractivity contribution in [1.82, 2.24) is 14.8 Å². The molecule has 3 aromatic rings. The van der Waals surface area contributed by atoms with Crippen molar-refractivity contribution < 1.29 is 9.53 Å². The average molecular weight is 437 g/mol. The molecular weight excluding hydrogens is 419 g/mol. The van der Waals surface area contributed by atoms with Crippen LogP contribution in [-0.2, 0) is 11.8 Å². The van der Waals surface area contributed by atoms with Crippen molar-refractivity contribution in [2.45, 2.75) is 17.3 Å². The lowest BCUT2D eigenvalue weighted by molar-refractivity contribution is -0.115. The predicted molar refractivity (Wildman–Crippen MR) is 113 cm³/mol. The molecule has 28 heavy (non-hydrogen) atoms. The van der Waals surface area contributed by atoms with Gasteiger partial charge in [-0.05, 0) is 37.3 Å². The number of carbonyl (C=O) groups is 1. The summed E-state index contributed by atoms with van der Waals surface area (Å²) in [6, 6.07) is 12.5. The second-order valence-corrected chi connectivity index (χ2v) is 8.07. The van der Waals surface area contributed by atoms with Crippen LogP contribution in [0.4, 0.5) is 5.69 Å². The number of benzene rings is 2. The number of aromatic nitrogens is 3. The summed E-state index contributed by atoms with van der Waals surface area (Å²) in [4.78, 5) is 12.5. The number of thioether (sulfide) groups is 1. The van der Waals surface area contributed by atoms with E-state index < -0.39 is 5.25 Å². The number of halogens is 2.